The van der Waals surface area contributed by atoms with E-state index < -0.39 is 29.1 Å². The van der Waals surface area contributed by atoms with E-state index in [1.54, 1.807) is 0 Å². The second-order valence-corrected chi connectivity index (χ2v) is 3.62. The van der Waals surface area contributed by atoms with Crippen molar-refractivity contribution in [1.82, 2.24) is 0 Å². The van der Waals surface area contributed by atoms with Gasteiger partial charge in [0, 0.05) is 0 Å². The van der Waals surface area contributed by atoms with Crippen molar-refractivity contribution in [3.63, 3.8) is 0 Å². The average molecular weight is 237 g/mol. The van der Waals surface area contributed by atoms with E-state index in [0.29, 0.717) is 0 Å². The van der Waals surface area contributed by atoms with Crippen molar-refractivity contribution < 1.29 is 19.5 Å². The monoisotopic (exact) mass is 237 g/mol. The summed E-state index contributed by atoms with van der Waals surface area (Å²) in [6, 6.07) is -1.09. The Bertz CT molecular complexity index is 395. The number of carbonyl (C=O) groups excluding carboxylic acids is 3. The molecule has 3 unspecified atom stereocenters. The van der Waals surface area contributed by atoms with Crippen LogP contribution in [-0.2, 0) is 14.4 Å². The second-order valence-electron chi connectivity index (χ2n) is 3.62. The molecule has 3 atom stereocenters. The number of isocyanates is 1. The van der Waals surface area contributed by atoms with Crippen LogP contribution in [0, 0.1) is 5.92 Å². The van der Waals surface area contributed by atoms with Gasteiger partial charge in [0.25, 0.3) is 0 Å². The maximum absolute atomic E-state index is 11.7. The maximum atomic E-state index is 11.7. The Morgan fingerprint density at radius 2 is 1.88 bits per heavy atom. The summed E-state index contributed by atoms with van der Waals surface area (Å²) in [5, 5.41) is 10.3. The molecule has 0 heterocycles. The molecule has 0 aromatic rings. The summed E-state index contributed by atoms with van der Waals surface area (Å²) in [5.74, 6) is -2.36. The Hall–Kier alpha value is -1.84. The number of ketones is 2. The lowest BCUT2D eigenvalue weighted by Gasteiger charge is -2.32. The van der Waals surface area contributed by atoms with Crippen LogP contribution in [0.1, 0.15) is 13.8 Å². The molecule has 0 saturated heterocycles. The Labute approximate surface area is 99.5 Å². The number of aliphatic imine (C=N–C) groups is 1. The van der Waals surface area contributed by atoms with Gasteiger partial charge in [0.15, 0.2) is 17.2 Å². The molecular weight excluding hydrogens is 222 g/mol. The third-order valence-electron chi connectivity index (χ3n) is 2.75. The number of hydrogen-bond donors (Lipinski definition) is 1. The van der Waals surface area contributed by atoms with Crippen molar-refractivity contribution >= 4 is 17.6 Å². The average Bonchev–Trinajstić information content (AvgIpc) is 2.34. The van der Waals surface area contributed by atoms with Crippen molar-refractivity contribution in [2.24, 2.45) is 10.9 Å². The Morgan fingerprint density at radius 1 is 1.35 bits per heavy atom. The number of aliphatic hydroxyl groups is 1. The van der Waals surface area contributed by atoms with Crippen molar-refractivity contribution in [2.75, 3.05) is 0 Å². The molecule has 0 aliphatic heterocycles. The van der Waals surface area contributed by atoms with Crippen LogP contribution >= 0.6 is 0 Å². The molecule has 5 nitrogen and oxygen atoms in total. The maximum Gasteiger partial charge on any atom is 0.235 e. The van der Waals surface area contributed by atoms with Crippen LogP contribution in [0.5, 0.6) is 0 Å². The third-order valence-corrected chi connectivity index (χ3v) is 2.75. The normalized spacial score (nSPS) is 16.9. The predicted octanol–water partition coefficient (Wildman–Crippen LogP) is 0.588. The molecule has 1 N–H and O–H groups in total. The van der Waals surface area contributed by atoms with E-state index in [-0.39, 0.29) is 0 Å². The fraction of sp³-hybridized carbons (Fsp3) is 0.417. The number of hydrogen-bond acceptors (Lipinski definition) is 5. The molecule has 0 spiro atoms. The van der Waals surface area contributed by atoms with Crippen LogP contribution in [0.15, 0.2) is 30.3 Å². The molecular formula is C12H15NO4. The summed E-state index contributed by atoms with van der Waals surface area (Å²) in [7, 11) is 0. The van der Waals surface area contributed by atoms with Gasteiger partial charge in [0.2, 0.25) is 6.08 Å². The van der Waals surface area contributed by atoms with Gasteiger partial charge in [-0.2, -0.15) is 4.99 Å². The summed E-state index contributed by atoms with van der Waals surface area (Å²) >= 11 is 0. The molecule has 0 amide bonds. The van der Waals surface area contributed by atoms with Gasteiger partial charge in [-0.3, -0.25) is 9.59 Å². The van der Waals surface area contributed by atoms with Gasteiger partial charge in [0.05, 0.1) is 12.0 Å². The number of carbonyl (C=O) groups is 2. The topological polar surface area (TPSA) is 83.8 Å². The Balaban J connectivity index is 5.60. The minimum Gasteiger partial charge on any atom is -0.379 e. The zero-order valence-electron chi connectivity index (χ0n) is 9.84. The molecule has 5 heteroatoms. The summed E-state index contributed by atoms with van der Waals surface area (Å²) < 4.78 is 0. The lowest BCUT2D eigenvalue weighted by Crippen LogP contribution is -2.54. The van der Waals surface area contributed by atoms with Crippen molar-refractivity contribution in [3.8, 4) is 0 Å². The SMILES string of the molecule is C=CC(=O)C(C)C(O)(C(=O)C=C)C(C)N=C=O. The summed E-state index contributed by atoms with van der Waals surface area (Å²) in [4.78, 5) is 36.6. The first-order valence-corrected chi connectivity index (χ1v) is 4.98. The van der Waals surface area contributed by atoms with Crippen LogP contribution in [0.3, 0.4) is 0 Å². The van der Waals surface area contributed by atoms with E-state index in [1.807, 2.05) is 0 Å². The van der Waals surface area contributed by atoms with Gasteiger partial charge in [-0.05, 0) is 19.1 Å². The molecule has 0 aliphatic rings. The Kier molecular flexibility index (Phi) is 5.38. The predicted molar refractivity (Wildman–Crippen MR) is 62.1 cm³/mol. The highest BCUT2D eigenvalue weighted by Gasteiger charge is 2.47. The molecule has 0 aromatic carbocycles. The highest BCUT2D eigenvalue weighted by atomic mass is 16.3. The molecule has 0 fully saturated rings. The van der Waals surface area contributed by atoms with Gasteiger partial charge < -0.3 is 5.11 Å². The molecule has 17 heavy (non-hydrogen) atoms. The standard InChI is InChI=1S/C12H15NO4/c1-5-10(15)8(3)12(17,11(16)6-2)9(4)13-7-14/h5-6,8-9,17H,1-2H2,3-4H3. The molecule has 0 radical (unpaired) electrons. The van der Waals surface area contributed by atoms with Crippen molar-refractivity contribution in [1.29, 1.82) is 0 Å². The van der Waals surface area contributed by atoms with Gasteiger partial charge in [0.1, 0.15) is 0 Å². The molecule has 0 bridgehead atoms. The van der Waals surface area contributed by atoms with E-state index in [1.165, 1.54) is 19.9 Å². The fourth-order valence-corrected chi connectivity index (χ4v) is 1.52. The first kappa shape index (κ1) is 15.2. The van der Waals surface area contributed by atoms with Gasteiger partial charge in [-0.1, -0.05) is 20.1 Å². The lowest BCUT2D eigenvalue weighted by molar-refractivity contribution is -0.146. The highest BCUT2D eigenvalue weighted by Crippen LogP contribution is 2.26. The van der Waals surface area contributed by atoms with E-state index in [2.05, 4.69) is 18.2 Å². The van der Waals surface area contributed by atoms with Crippen LogP contribution < -0.4 is 0 Å². The zero-order valence-corrected chi connectivity index (χ0v) is 9.84. The number of allylic oxidation sites excluding steroid dienone is 1. The third kappa shape index (κ3) is 2.84. The first-order valence-electron chi connectivity index (χ1n) is 4.98. The smallest absolute Gasteiger partial charge is 0.235 e. The lowest BCUT2D eigenvalue weighted by atomic mass is 9.77. The second kappa shape index (κ2) is 6.03. The molecule has 92 valence electrons. The summed E-state index contributed by atoms with van der Waals surface area (Å²) in [6.07, 6.45) is 3.15. The molecule has 0 rings (SSSR count). The van der Waals surface area contributed by atoms with Gasteiger partial charge >= 0.3 is 0 Å². The van der Waals surface area contributed by atoms with Crippen LogP contribution in [0.2, 0.25) is 0 Å². The summed E-state index contributed by atoms with van der Waals surface area (Å²) in [5.41, 5.74) is -2.11. The van der Waals surface area contributed by atoms with Crippen molar-refractivity contribution in [3.05, 3.63) is 25.3 Å². The first-order chi connectivity index (χ1) is 7.85. The van der Waals surface area contributed by atoms with E-state index in [4.69, 9.17) is 0 Å². The largest absolute Gasteiger partial charge is 0.379 e. The Morgan fingerprint density at radius 3 is 2.24 bits per heavy atom. The molecule has 0 aromatic heterocycles. The van der Waals surface area contributed by atoms with Crippen LogP contribution in [0.25, 0.3) is 0 Å². The number of nitrogens with zero attached hydrogens (tertiary/aromatic N) is 1. The minimum absolute atomic E-state index is 0.518. The number of rotatable bonds is 7. The molecule has 0 aliphatic carbocycles. The van der Waals surface area contributed by atoms with Gasteiger partial charge in [-0.15, -0.1) is 0 Å². The van der Waals surface area contributed by atoms with Crippen molar-refractivity contribution in [2.45, 2.75) is 25.5 Å². The minimum atomic E-state index is -2.11. The fourth-order valence-electron chi connectivity index (χ4n) is 1.52. The zero-order chi connectivity index (χ0) is 13.6. The molecule has 0 saturated carbocycles. The van der Waals surface area contributed by atoms with Crippen LogP contribution in [-0.4, -0.2) is 34.4 Å². The van der Waals surface area contributed by atoms with Crippen LogP contribution in [0.4, 0.5) is 0 Å². The van der Waals surface area contributed by atoms with E-state index in [9.17, 15) is 19.5 Å². The highest BCUT2D eigenvalue weighted by molar-refractivity contribution is 6.03. The van der Waals surface area contributed by atoms with Gasteiger partial charge in [-0.25, -0.2) is 4.79 Å². The summed E-state index contributed by atoms with van der Waals surface area (Å²) in [6.45, 7) is 9.24. The van der Waals surface area contributed by atoms with E-state index in [0.717, 1.165) is 12.2 Å². The van der Waals surface area contributed by atoms with E-state index >= 15 is 0 Å². The quantitative estimate of drug-likeness (QED) is 0.399.